The number of carboxylic acid groups (broad SMARTS) is 1. The third-order valence-electron chi connectivity index (χ3n) is 2.59. The average Bonchev–Trinajstić information content (AvgIpc) is 2.59. The van der Waals surface area contributed by atoms with Gasteiger partial charge in [0.25, 0.3) is 0 Å². The first-order chi connectivity index (χ1) is 8.26. The Morgan fingerprint density at radius 3 is 2.67 bits per heavy atom. The van der Waals surface area contributed by atoms with Gasteiger partial charge in [0.15, 0.2) is 0 Å². The molecule has 6 heteroatoms. The van der Waals surface area contributed by atoms with Crippen molar-refractivity contribution in [3.05, 3.63) is 0 Å². The Morgan fingerprint density at radius 2 is 2.11 bits per heavy atom. The molecule has 104 valence electrons. The molecule has 0 saturated carbocycles. The van der Waals surface area contributed by atoms with Gasteiger partial charge in [0.05, 0.1) is 13.1 Å². The highest BCUT2D eigenvalue weighted by Gasteiger charge is 2.24. The Bertz CT molecular complexity index is 312. The highest BCUT2D eigenvalue weighted by Crippen LogP contribution is 2.09. The van der Waals surface area contributed by atoms with Gasteiger partial charge in [-0.1, -0.05) is 0 Å². The quantitative estimate of drug-likeness (QED) is 0.680. The largest absolute Gasteiger partial charge is 0.480 e. The van der Waals surface area contributed by atoms with Gasteiger partial charge >= 0.3 is 11.9 Å². The van der Waals surface area contributed by atoms with Crippen LogP contribution in [-0.4, -0.2) is 59.8 Å². The zero-order chi connectivity index (χ0) is 13.8. The van der Waals surface area contributed by atoms with E-state index >= 15 is 0 Å². The summed E-state index contributed by atoms with van der Waals surface area (Å²) in [6.07, 6.45) is 0.857. The van der Waals surface area contributed by atoms with Crippen LogP contribution in [0.2, 0.25) is 0 Å². The van der Waals surface area contributed by atoms with Crippen LogP contribution in [0.25, 0.3) is 0 Å². The van der Waals surface area contributed by atoms with E-state index in [1.54, 1.807) is 0 Å². The normalized spacial score (nSPS) is 20.9. The second kappa shape index (κ2) is 6.15. The number of carbonyl (C=O) groups is 2. The van der Waals surface area contributed by atoms with E-state index in [1.807, 2.05) is 25.7 Å². The summed E-state index contributed by atoms with van der Waals surface area (Å²) in [5.41, 5.74) is -0.468. The molecular formula is C12H22N2O4. The number of carboxylic acids is 1. The third-order valence-corrected chi connectivity index (χ3v) is 2.59. The number of esters is 1. The number of likely N-dealkylation sites (tertiary alicyclic amines) is 1. The summed E-state index contributed by atoms with van der Waals surface area (Å²) in [6.45, 7) is 7.13. The monoisotopic (exact) mass is 258 g/mol. The van der Waals surface area contributed by atoms with E-state index < -0.39 is 11.6 Å². The van der Waals surface area contributed by atoms with Crippen LogP contribution < -0.4 is 5.32 Å². The number of hydrogen-bond acceptors (Lipinski definition) is 5. The van der Waals surface area contributed by atoms with E-state index in [0.29, 0.717) is 6.54 Å². The van der Waals surface area contributed by atoms with Crippen molar-refractivity contribution in [2.24, 2.45) is 0 Å². The maximum atomic E-state index is 11.5. The summed E-state index contributed by atoms with van der Waals surface area (Å²) >= 11 is 0. The Morgan fingerprint density at radius 1 is 1.44 bits per heavy atom. The molecule has 1 atom stereocenters. The number of nitrogens with zero attached hydrogens (tertiary/aromatic N) is 1. The fourth-order valence-electron chi connectivity index (χ4n) is 1.94. The highest BCUT2D eigenvalue weighted by molar-refractivity contribution is 5.72. The molecule has 6 nitrogen and oxygen atoms in total. The van der Waals surface area contributed by atoms with E-state index in [1.165, 1.54) is 0 Å². The predicted molar refractivity (Wildman–Crippen MR) is 66.3 cm³/mol. The first-order valence-corrected chi connectivity index (χ1v) is 6.15. The van der Waals surface area contributed by atoms with Gasteiger partial charge in [0.2, 0.25) is 0 Å². The highest BCUT2D eigenvalue weighted by atomic mass is 16.6. The van der Waals surface area contributed by atoms with Crippen LogP contribution in [0.4, 0.5) is 0 Å². The summed E-state index contributed by atoms with van der Waals surface area (Å²) in [7, 11) is 0. The van der Waals surface area contributed by atoms with E-state index in [2.05, 4.69) is 5.32 Å². The molecule has 1 fully saturated rings. The molecule has 1 aliphatic heterocycles. The molecule has 0 aromatic rings. The predicted octanol–water partition coefficient (Wildman–Crippen LogP) is 0.0766. The van der Waals surface area contributed by atoms with E-state index in [9.17, 15) is 9.59 Å². The van der Waals surface area contributed by atoms with Crippen molar-refractivity contribution in [2.75, 3.05) is 26.2 Å². The summed E-state index contributed by atoms with van der Waals surface area (Å²) in [5, 5.41) is 11.8. The van der Waals surface area contributed by atoms with Crippen molar-refractivity contribution in [3.8, 4) is 0 Å². The minimum atomic E-state index is -0.817. The first-order valence-electron chi connectivity index (χ1n) is 6.15. The SMILES string of the molecule is CC(C)(C)OC(=O)CN[C@H]1CCN(CC(=O)O)C1. The van der Waals surface area contributed by atoms with Crippen LogP contribution >= 0.6 is 0 Å². The molecule has 0 amide bonds. The standard InChI is InChI=1S/C12H22N2O4/c1-12(2,3)18-11(17)6-13-9-4-5-14(7-9)8-10(15)16/h9,13H,4-8H2,1-3H3,(H,15,16)/t9-/m0/s1. The van der Waals surface area contributed by atoms with Crippen LogP contribution in [0.1, 0.15) is 27.2 Å². The molecule has 1 saturated heterocycles. The van der Waals surface area contributed by atoms with Crippen LogP contribution in [0, 0.1) is 0 Å². The van der Waals surface area contributed by atoms with E-state index in [4.69, 9.17) is 9.84 Å². The molecule has 2 N–H and O–H groups in total. The maximum absolute atomic E-state index is 11.5. The minimum absolute atomic E-state index is 0.0601. The molecule has 18 heavy (non-hydrogen) atoms. The van der Waals surface area contributed by atoms with Crippen LogP contribution in [0.15, 0.2) is 0 Å². The fraction of sp³-hybridized carbons (Fsp3) is 0.833. The van der Waals surface area contributed by atoms with Crippen molar-refractivity contribution in [1.82, 2.24) is 10.2 Å². The van der Waals surface area contributed by atoms with E-state index in [-0.39, 0.29) is 25.1 Å². The second-order valence-electron chi connectivity index (χ2n) is 5.58. The van der Waals surface area contributed by atoms with Crippen LogP contribution in [0.3, 0.4) is 0 Å². The Kier molecular flexibility index (Phi) is 5.10. The summed E-state index contributed by atoms with van der Waals surface area (Å²) in [5.74, 6) is -1.10. The van der Waals surface area contributed by atoms with Gasteiger partial charge in [-0.15, -0.1) is 0 Å². The van der Waals surface area contributed by atoms with Crippen LogP contribution in [-0.2, 0) is 14.3 Å². The third kappa shape index (κ3) is 5.97. The minimum Gasteiger partial charge on any atom is -0.480 e. The van der Waals surface area contributed by atoms with Gasteiger partial charge < -0.3 is 15.2 Å². The molecule has 1 aliphatic rings. The summed E-state index contributed by atoms with van der Waals surface area (Å²) in [4.78, 5) is 23.9. The molecule has 0 spiro atoms. The first kappa shape index (κ1) is 14.9. The maximum Gasteiger partial charge on any atom is 0.320 e. The summed E-state index contributed by atoms with van der Waals surface area (Å²) < 4.78 is 5.18. The lowest BCUT2D eigenvalue weighted by atomic mass is 10.2. The lowest BCUT2D eigenvalue weighted by molar-refractivity contribution is -0.153. The number of rotatable bonds is 5. The molecule has 0 aromatic carbocycles. The smallest absolute Gasteiger partial charge is 0.320 e. The van der Waals surface area contributed by atoms with Crippen molar-refractivity contribution in [2.45, 2.75) is 38.8 Å². The number of ether oxygens (including phenoxy) is 1. The molecule has 1 rings (SSSR count). The van der Waals surface area contributed by atoms with Gasteiger partial charge in [-0.3, -0.25) is 14.5 Å². The molecule has 1 heterocycles. The number of aliphatic carboxylic acids is 1. The van der Waals surface area contributed by atoms with Gasteiger partial charge in [-0.25, -0.2) is 0 Å². The molecule has 0 radical (unpaired) electrons. The Balaban J connectivity index is 2.21. The fourth-order valence-corrected chi connectivity index (χ4v) is 1.94. The number of nitrogens with one attached hydrogen (secondary N) is 1. The topological polar surface area (TPSA) is 78.9 Å². The molecule has 0 aromatic heterocycles. The number of carbonyl (C=O) groups excluding carboxylic acids is 1. The lowest BCUT2D eigenvalue weighted by Crippen LogP contribution is -2.39. The zero-order valence-corrected chi connectivity index (χ0v) is 11.2. The van der Waals surface area contributed by atoms with Gasteiger partial charge in [0, 0.05) is 19.1 Å². The van der Waals surface area contributed by atoms with Gasteiger partial charge in [-0.05, 0) is 27.2 Å². The Labute approximate surface area is 107 Å². The zero-order valence-electron chi connectivity index (χ0n) is 11.2. The molecule has 0 aliphatic carbocycles. The van der Waals surface area contributed by atoms with Crippen molar-refractivity contribution in [3.63, 3.8) is 0 Å². The van der Waals surface area contributed by atoms with Crippen molar-refractivity contribution >= 4 is 11.9 Å². The molecular weight excluding hydrogens is 236 g/mol. The van der Waals surface area contributed by atoms with Crippen LogP contribution in [0.5, 0.6) is 0 Å². The van der Waals surface area contributed by atoms with E-state index in [0.717, 1.165) is 13.0 Å². The van der Waals surface area contributed by atoms with Gasteiger partial charge in [-0.2, -0.15) is 0 Å². The second-order valence-corrected chi connectivity index (χ2v) is 5.58. The summed E-state index contributed by atoms with van der Waals surface area (Å²) in [6, 6.07) is 0.164. The number of hydrogen-bond donors (Lipinski definition) is 2. The van der Waals surface area contributed by atoms with Gasteiger partial charge in [0.1, 0.15) is 5.60 Å². The Hall–Kier alpha value is -1.14. The lowest BCUT2D eigenvalue weighted by Gasteiger charge is -2.20. The molecule has 0 bridgehead atoms. The molecule has 0 unspecified atom stereocenters. The van der Waals surface area contributed by atoms with Crippen molar-refractivity contribution in [1.29, 1.82) is 0 Å². The average molecular weight is 258 g/mol. The van der Waals surface area contributed by atoms with Crippen molar-refractivity contribution < 1.29 is 19.4 Å².